The predicted octanol–water partition coefficient (Wildman–Crippen LogP) is 0.510. The molecule has 0 saturated carbocycles. The van der Waals surface area contributed by atoms with Crippen molar-refractivity contribution < 1.29 is 28.5 Å². The number of amides is 1. The molecule has 0 aliphatic rings. The summed E-state index contributed by atoms with van der Waals surface area (Å²) in [5, 5.41) is 2.63. The average molecular weight is 297 g/mol. The third kappa shape index (κ3) is 5.70. The third-order valence-corrected chi connectivity index (χ3v) is 2.56. The van der Waals surface area contributed by atoms with Crippen molar-refractivity contribution in [2.45, 2.75) is 6.54 Å². The maximum atomic E-state index is 11.5. The third-order valence-electron chi connectivity index (χ3n) is 2.56. The normalized spacial score (nSPS) is 9.86. The Hall–Kier alpha value is -2.28. The minimum absolute atomic E-state index is 0.178. The molecule has 0 saturated heterocycles. The fourth-order valence-electron chi connectivity index (χ4n) is 1.55. The highest BCUT2D eigenvalue weighted by atomic mass is 16.6. The molecular weight excluding hydrogens is 278 g/mol. The molecule has 0 aromatic heterocycles. The maximum Gasteiger partial charge on any atom is 0.332 e. The van der Waals surface area contributed by atoms with Crippen LogP contribution in [0.15, 0.2) is 18.2 Å². The zero-order valence-corrected chi connectivity index (χ0v) is 12.3. The Balaban J connectivity index is 2.44. The van der Waals surface area contributed by atoms with Gasteiger partial charge in [-0.05, 0) is 17.7 Å². The smallest absolute Gasteiger partial charge is 0.332 e. The molecule has 1 aromatic rings. The highest BCUT2D eigenvalue weighted by Crippen LogP contribution is 2.27. The lowest BCUT2D eigenvalue weighted by Crippen LogP contribution is -2.29. The molecule has 0 fully saturated rings. The van der Waals surface area contributed by atoms with Crippen molar-refractivity contribution in [3.05, 3.63) is 23.8 Å². The first-order valence-electron chi connectivity index (χ1n) is 6.22. The fourth-order valence-corrected chi connectivity index (χ4v) is 1.55. The Bertz CT molecular complexity index is 488. The van der Waals surface area contributed by atoms with Crippen molar-refractivity contribution in [3.63, 3.8) is 0 Å². The van der Waals surface area contributed by atoms with Crippen LogP contribution in [0.2, 0.25) is 0 Å². The summed E-state index contributed by atoms with van der Waals surface area (Å²) in [7, 11) is 4.46. The molecule has 0 bridgehead atoms. The van der Waals surface area contributed by atoms with Gasteiger partial charge in [-0.15, -0.1) is 0 Å². The fraction of sp³-hybridized carbons (Fsp3) is 0.429. The van der Waals surface area contributed by atoms with E-state index in [1.807, 2.05) is 0 Å². The number of benzene rings is 1. The number of carbonyl (C=O) groups excluding carboxylic acids is 2. The molecule has 7 nitrogen and oxygen atoms in total. The number of hydrogen-bond acceptors (Lipinski definition) is 6. The quantitative estimate of drug-likeness (QED) is 0.704. The molecule has 7 heteroatoms. The molecule has 0 heterocycles. The van der Waals surface area contributed by atoms with E-state index in [0.29, 0.717) is 18.0 Å². The zero-order valence-electron chi connectivity index (χ0n) is 12.3. The standard InChI is InChI=1S/C14H19NO6/c1-18-9-14(17)21-8-13(16)15-7-10-4-5-11(19-2)12(6-10)20-3/h4-6H,7-9H2,1-3H3,(H,15,16). The monoisotopic (exact) mass is 297 g/mol. The van der Waals surface area contributed by atoms with E-state index in [9.17, 15) is 9.59 Å². The van der Waals surface area contributed by atoms with Crippen LogP contribution in [-0.2, 0) is 25.6 Å². The Kier molecular flexibility index (Phi) is 7.03. The van der Waals surface area contributed by atoms with Gasteiger partial charge in [-0.3, -0.25) is 4.79 Å². The van der Waals surface area contributed by atoms with Gasteiger partial charge in [-0.1, -0.05) is 6.07 Å². The summed E-state index contributed by atoms with van der Waals surface area (Å²) < 4.78 is 19.6. The van der Waals surface area contributed by atoms with Crippen molar-refractivity contribution in [3.8, 4) is 11.5 Å². The first-order valence-corrected chi connectivity index (χ1v) is 6.22. The summed E-state index contributed by atoms with van der Waals surface area (Å²) in [6.45, 7) is -0.223. The van der Waals surface area contributed by atoms with E-state index < -0.39 is 11.9 Å². The molecule has 1 aromatic carbocycles. The SMILES string of the molecule is COCC(=O)OCC(=O)NCc1ccc(OC)c(OC)c1. The second-order valence-electron chi connectivity index (χ2n) is 4.06. The Morgan fingerprint density at radius 3 is 2.38 bits per heavy atom. The number of methoxy groups -OCH3 is 3. The van der Waals surface area contributed by atoms with Gasteiger partial charge in [0.1, 0.15) is 6.61 Å². The largest absolute Gasteiger partial charge is 0.493 e. The lowest BCUT2D eigenvalue weighted by Gasteiger charge is -2.10. The Morgan fingerprint density at radius 2 is 1.76 bits per heavy atom. The van der Waals surface area contributed by atoms with E-state index in [0.717, 1.165) is 5.56 Å². The molecule has 0 unspecified atom stereocenters. The molecule has 1 amide bonds. The van der Waals surface area contributed by atoms with Gasteiger partial charge >= 0.3 is 5.97 Å². The summed E-state index contributed by atoms with van der Waals surface area (Å²) in [6.07, 6.45) is 0. The predicted molar refractivity (Wildman–Crippen MR) is 74.2 cm³/mol. The summed E-state index contributed by atoms with van der Waals surface area (Å²) in [5.74, 6) is 0.213. The zero-order chi connectivity index (χ0) is 15.7. The van der Waals surface area contributed by atoms with Crippen LogP contribution >= 0.6 is 0 Å². The van der Waals surface area contributed by atoms with E-state index >= 15 is 0 Å². The van der Waals surface area contributed by atoms with E-state index in [1.165, 1.54) is 14.2 Å². The van der Waals surface area contributed by atoms with Gasteiger partial charge in [-0.2, -0.15) is 0 Å². The van der Waals surface area contributed by atoms with E-state index in [4.69, 9.17) is 14.2 Å². The molecule has 1 N–H and O–H groups in total. The lowest BCUT2D eigenvalue weighted by atomic mass is 10.2. The highest BCUT2D eigenvalue weighted by molar-refractivity contribution is 5.80. The molecule has 0 atom stereocenters. The molecular formula is C14H19NO6. The summed E-state index contributed by atoms with van der Waals surface area (Å²) in [4.78, 5) is 22.5. The lowest BCUT2D eigenvalue weighted by molar-refractivity contribution is -0.152. The topological polar surface area (TPSA) is 83.1 Å². The number of ether oxygens (including phenoxy) is 4. The number of rotatable bonds is 8. The summed E-state index contributed by atoms with van der Waals surface area (Å²) in [6, 6.07) is 5.31. The minimum atomic E-state index is -0.584. The van der Waals surface area contributed by atoms with Crippen LogP contribution in [0.25, 0.3) is 0 Å². The van der Waals surface area contributed by atoms with Crippen molar-refractivity contribution in [2.24, 2.45) is 0 Å². The summed E-state index contributed by atoms with van der Waals surface area (Å²) in [5.41, 5.74) is 0.837. The molecule has 0 radical (unpaired) electrons. The van der Waals surface area contributed by atoms with Crippen LogP contribution < -0.4 is 14.8 Å². The van der Waals surface area contributed by atoms with Gasteiger partial charge in [0.25, 0.3) is 5.91 Å². The van der Waals surface area contributed by atoms with Crippen LogP contribution in [0, 0.1) is 0 Å². The van der Waals surface area contributed by atoms with Gasteiger partial charge < -0.3 is 24.3 Å². The first-order chi connectivity index (χ1) is 10.1. The molecule has 0 aliphatic heterocycles. The highest BCUT2D eigenvalue weighted by Gasteiger charge is 2.08. The molecule has 0 aliphatic carbocycles. The van der Waals surface area contributed by atoms with Gasteiger partial charge in [0.05, 0.1) is 14.2 Å². The van der Waals surface area contributed by atoms with Gasteiger partial charge in [0, 0.05) is 13.7 Å². The van der Waals surface area contributed by atoms with Crippen LogP contribution in [0.1, 0.15) is 5.56 Å². The van der Waals surface area contributed by atoms with Crippen LogP contribution in [0.3, 0.4) is 0 Å². The first kappa shape index (κ1) is 16.8. The second kappa shape index (κ2) is 8.80. The van der Waals surface area contributed by atoms with Gasteiger partial charge in [0.15, 0.2) is 18.1 Å². The van der Waals surface area contributed by atoms with Gasteiger partial charge in [0.2, 0.25) is 0 Å². The summed E-state index contributed by atoms with van der Waals surface area (Å²) >= 11 is 0. The van der Waals surface area contributed by atoms with Crippen molar-refractivity contribution in [1.29, 1.82) is 0 Å². The molecule has 0 spiro atoms. The average Bonchev–Trinajstić information content (AvgIpc) is 2.50. The Labute approximate surface area is 123 Å². The molecule has 1 rings (SSSR count). The van der Waals surface area contributed by atoms with Crippen LogP contribution in [0.5, 0.6) is 11.5 Å². The maximum absolute atomic E-state index is 11.5. The second-order valence-corrected chi connectivity index (χ2v) is 4.06. The van der Waals surface area contributed by atoms with Crippen molar-refractivity contribution in [1.82, 2.24) is 5.32 Å². The van der Waals surface area contributed by atoms with Crippen molar-refractivity contribution in [2.75, 3.05) is 34.5 Å². The van der Waals surface area contributed by atoms with Gasteiger partial charge in [-0.25, -0.2) is 4.79 Å². The number of nitrogens with one attached hydrogen (secondary N) is 1. The molecule has 21 heavy (non-hydrogen) atoms. The van der Waals surface area contributed by atoms with Crippen LogP contribution in [0.4, 0.5) is 0 Å². The minimum Gasteiger partial charge on any atom is -0.493 e. The Morgan fingerprint density at radius 1 is 1.05 bits per heavy atom. The number of esters is 1. The van der Waals surface area contributed by atoms with E-state index in [2.05, 4.69) is 10.1 Å². The van der Waals surface area contributed by atoms with Crippen LogP contribution in [-0.4, -0.2) is 46.4 Å². The molecule has 116 valence electrons. The van der Waals surface area contributed by atoms with E-state index in [1.54, 1.807) is 25.3 Å². The van der Waals surface area contributed by atoms with E-state index in [-0.39, 0.29) is 13.2 Å². The van der Waals surface area contributed by atoms with Crippen molar-refractivity contribution >= 4 is 11.9 Å². The number of hydrogen-bond donors (Lipinski definition) is 1. The number of carbonyl (C=O) groups is 2.